The van der Waals surface area contributed by atoms with Gasteiger partial charge in [-0.15, -0.1) is 0 Å². The molecule has 1 atom stereocenters. The van der Waals surface area contributed by atoms with Gasteiger partial charge in [-0.25, -0.2) is 0 Å². The van der Waals surface area contributed by atoms with Crippen molar-refractivity contribution in [2.24, 2.45) is 5.73 Å². The molecule has 0 bridgehead atoms. The summed E-state index contributed by atoms with van der Waals surface area (Å²) in [5, 5.41) is 4.00. The number of amides is 1. The van der Waals surface area contributed by atoms with Gasteiger partial charge in [0.05, 0.1) is 7.11 Å². The van der Waals surface area contributed by atoms with Crippen molar-refractivity contribution >= 4 is 11.8 Å². The van der Waals surface area contributed by atoms with Crippen molar-refractivity contribution in [1.29, 1.82) is 0 Å². The van der Waals surface area contributed by atoms with Crippen molar-refractivity contribution in [2.75, 3.05) is 18.6 Å². The Balaban J connectivity index is 1.84. The van der Waals surface area contributed by atoms with Crippen molar-refractivity contribution in [2.45, 2.75) is 12.5 Å². The summed E-state index contributed by atoms with van der Waals surface area (Å²) < 4.78 is 10.4. The molecule has 20 heavy (non-hydrogen) atoms. The van der Waals surface area contributed by atoms with E-state index in [1.165, 1.54) is 4.90 Å². The van der Waals surface area contributed by atoms with Gasteiger partial charge >= 0.3 is 0 Å². The number of anilines is 1. The van der Waals surface area contributed by atoms with Crippen molar-refractivity contribution in [3.8, 4) is 17.0 Å². The van der Waals surface area contributed by atoms with Crippen LogP contribution in [0.2, 0.25) is 0 Å². The lowest BCUT2D eigenvalue weighted by Crippen LogP contribution is -2.27. The third-order valence-electron chi connectivity index (χ3n) is 3.30. The molecule has 1 saturated heterocycles. The molecule has 1 aliphatic rings. The number of carbonyl (C=O) groups excluding carboxylic acids is 1. The van der Waals surface area contributed by atoms with Gasteiger partial charge in [0, 0.05) is 30.6 Å². The Morgan fingerprint density at radius 1 is 1.40 bits per heavy atom. The summed E-state index contributed by atoms with van der Waals surface area (Å²) in [5.41, 5.74) is 7.34. The molecule has 1 aromatic heterocycles. The molecule has 1 aromatic carbocycles. The Kier molecular flexibility index (Phi) is 3.15. The first kappa shape index (κ1) is 12.7. The second kappa shape index (κ2) is 4.97. The van der Waals surface area contributed by atoms with Crippen LogP contribution in [0, 0.1) is 0 Å². The Bertz CT molecular complexity index is 621. The van der Waals surface area contributed by atoms with Crippen LogP contribution >= 0.6 is 0 Å². The van der Waals surface area contributed by atoms with Crippen LogP contribution in [0.4, 0.5) is 5.88 Å². The summed E-state index contributed by atoms with van der Waals surface area (Å²) in [5.74, 6) is 1.18. The molecular weight excluding hydrogens is 258 g/mol. The van der Waals surface area contributed by atoms with Crippen LogP contribution in [0.5, 0.6) is 5.75 Å². The number of benzene rings is 1. The number of nitrogens with two attached hydrogens (primary N) is 1. The maximum Gasteiger partial charge on any atom is 0.234 e. The SMILES string of the molecule is COc1ccc(-c2cc(N3CC(N)CC3=O)on2)cc1. The highest BCUT2D eigenvalue weighted by Gasteiger charge is 2.30. The summed E-state index contributed by atoms with van der Waals surface area (Å²) in [6.07, 6.45) is 0.346. The van der Waals surface area contributed by atoms with E-state index in [9.17, 15) is 4.79 Å². The number of nitrogens with zero attached hydrogens (tertiary/aromatic N) is 2. The predicted molar refractivity (Wildman–Crippen MR) is 73.4 cm³/mol. The van der Waals surface area contributed by atoms with Crippen LogP contribution in [0.3, 0.4) is 0 Å². The molecular formula is C14H15N3O3. The van der Waals surface area contributed by atoms with Gasteiger partial charge in [0.1, 0.15) is 11.4 Å². The first-order chi connectivity index (χ1) is 9.67. The van der Waals surface area contributed by atoms with Crippen molar-refractivity contribution in [3.63, 3.8) is 0 Å². The lowest BCUT2D eigenvalue weighted by Gasteiger charge is -2.09. The maximum absolute atomic E-state index is 11.8. The fourth-order valence-electron chi connectivity index (χ4n) is 2.24. The van der Waals surface area contributed by atoms with Crippen molar-refractivity contribution in [3.05, 3.63) is 30.3 Å². The number of hydrogen-bond acceptors (Lipinski definition) is 5. The topological polar surface area (TPSA) is 81.6 Å². The van der Waals surface area contributed by atoms with E-state index in [0.717, 1.165) is 11.3 Å². The van der Waals surface area contributed by atoms with E-state index in [1.807, 2.05) is 24.3 Å². The quantitative estimate of drug-likeness (QED) is 0.914. The molecule has 6 nitrogen and oxygen atoms in total. The molecule has 2 heterocycles. The van der Waals surface area contributed by atoms with Crippen LogP contribution in [0.1, 0.15) is 6.42 Å². The number of aromatic nitrogens is 1. The summed E-state index contributed by atoms with van der Waals surface area (Å²) in [6.45, 7) is 0.468. The Morgan fingerprint density at radius 3 is 2.75 bits per heavy atom. The zero-order valence-electron chi connectivity index (χ0n) is 11.1. The zero-order valence-corrected chi connectivity index (χ0v) is 11.1. The molecule has 104 valence electrons. The standard InChI is InChI=1S/C14H15N3O3/c1-19-11-4-2-9(3-5-11)12-7-14(20-16-12)17-8-10(15)6-13(17)18/h2-5,7,10H,6,8,15H2,1H3. The second-order valence-electron chi connectivity index (χ2n) is 4.75. The summed E-state index contributed by atoms with van der Waals surface area (Å²) in [6, 6.07) is 9.08. The van der Waals surface area contributed by atoms with Crippen LogP contribution in [-0.2, 0) is 4.79 Å². The molecule has 1 amide bonds. The minimum Gasteiger partial charge on any atom is -0.497 e. The molecule has 1 fully saturated rings. The molecule has 3 rings (SSSR count). The van der Waals surface area contributed by atoms with E-state index in [4.69, 9.17) is 15.0 Å². The van der Waals surface area contributed by atoms with E-state index in [2.05, 4.69) is 5.16 Å². The van der Waals surface area contributed by atoms with Gasteiger partial charge in [0.25, 0.3) is 0 Å². The van der Waals surface area contributed by atoms with Gasteiger partial charge in [-0.1, -0.05) is 5.16 Å². The maximum atomic E-state index is 11.8. The highest BCUT2D eigenvalue weighted by molar-refractivity contribution is 5.95. The number of ether oxygens (including phenoxy) is 1. The van der Waals surface area contributed by atoms with Crippen LogP contribution < -0.4 is 15.4 Å². The smallest absolute Gasteiger partial charge is 0.234 e. The highest BCUT2D eigenvalue weighted by atomic mass is 16.5. The summed E-state index contributed by atoms with van der Waals surface area (Å²) in [7, 11) is 1.62. The Labute approximate surface area is 116 Å². The van der Waals surface area contributed by atoms with Crippen molar-refractivity contribution in [1.82, 2.24) is 5.16 Å². The van der Waals surface area contributed by atoms with E-state index >= 15 is 0 Å². The fourth-order valence-corrected chi connectivity index (χ4v) is 2.24. The van der Waals surface area contributed by atoms with Gasteiger partial charge in [-0.2, -0.15) is 0 Å². The number of carbonyl (C=O) groups is 1. The van der Waals surface area contributed by atoms with Crippen LogP contribution in [-0.4, -0.2) is 30.8 Å². The molecule has 0 spiro atoms. The molecule has 0 radical (unpaired) electrons. The lowest BCUT2D eigenvalue weighted by atomic mass is 10.1. The molecule has 1 aliphatic heterocycles. The third-order valence-corrected chi connectivity index (χ3v) is 3.30. The van der Waals surface area contributed by atoms with E-state index < -0.39 is 0 Å². The average molecular weight is 273 g/mol. The monoisotopic (exact) mass is 273 g/mol. The minimum absolute atomic E-state index is 0.0325. The lowest BCUT2D eigenvalue weighted by molar-refractivity contribution is -0.117. The highest BCUT2D eigenvalue weighted by Crippen LogP contribution is 2.27. The van der Waals surface area contributed by atoms with Gasteiger partial charge in [0.15, 0.2) is 0 Å². The van der Waals surface area contributed by atoms with Crippen molar-refractivity contribution < 1.29 is 14.1 Å². The van der Waals surface area contributed by atoms with E-state index in [1.54, 1.807) is 13.2 Å². The number of rotatable bonds is 3. The molecule has 1 unspecified atom stereocenters. The summed E-state index contributed by atoms with van der Waals surface area (Å²) in [4.78, 5) is 13.3. The molecule has 0 saturated carbocycles. The van der Waals surface area contributed by atoms with Gasteiger partial charge in [-0.05, 0) is 24.3 Å². The molecule has 2 N–H and O–H groups in total. The Morgan fingerprint density at radius 2 is 2.15 bits per heavy atom. The molecule has 0 aliphatic carbocycles. The van der Waals surface area contributed by atoms with E-state index in [0.29, 0.717) is 24.5 Å². The number of hydrogen-bond donors (Lipinski definition) is 1. The Hall–Kier alpha value is -2.34. The number of methoxy groups -OCH3 is 1. The van der Waals surface area contributed by atoms with E-state index in [-0.39, 0.29) is 11.9 Å². The average Bonchev–Trinajstić information content (AvgIpc) is 3.05. The first-order valence-electron chi connectivity index (χ1n) is 6.34. The van der Waals surface area contributed by atoms with Crippen LogP contribution in [0.15, 0.2) is 34.9 Å². The largest absolute Gasteiger partial charge is 0.497 e. The normalized spacial score (nSPS) is 18.6. The molecule has 2 aromatic rings. The van der Waals surface area contributed by atoms with Gasteiger partial charge in [-0.3, -0.25) is 9.69 Å². The van der Waals surface area contributed by atoms with Gasteiger partial charge < -0.3 is 15.0 Å². The second-order valence-corrected chi connectivity index (χ2v) is 4.75. The molecule has 6 heteroatoms. The fraction of sp³-hybridized carbons (Fsp3) is 0.286. The predicted octanol–water partition coefficient (Wildman–Crippen LogP) is 1.41. The third kappa shape index (κ3) is 2.25. The van der Waals surface area contributed by atoms with Crippen LogP contribution in [0.25, 0.3) is 11.3 Å². The summed E-state index contributed by atoms with van der Waals surface area (Å²) >= 11 is 0. The van der Waals surface area contributed by atoms with Gasteiger partial charge in [0.2, 0.25) is 11.8 Å². The first-order valence-corrected chi connectivity index (χ1v) is 6.34. The minimum atomic E-state index is -0.142. The zero-order chi connectivity index (χ0) is 14.1.